The largest absolute Gasteiger partial charge is 0.396 e. The van der Waals surface area contributed by atoms with E-state index in [-0.39, 0.29) is 0 Å². The van der Waals surface area contributed by atoms with Crippen molar-refractivity contribution >= 4 is 38.6 Å². The number of hydrogen-bond acceptors (Lipinski definition) is 3. The molecule has 0 atom stereocenters. The fourth-order valence-corrected chi connectivity index (χ4v) is 2.86. The molecule has 0 heterocycles. The number of nitrogen functional groups attached to an aromatic ring is 1. The Morgan fingerprint density at radius 3 is 1.74 bits per heavy atom. The van der Waals surface area contributed by atoms with Gasteiger partial charge in [0.05, 0.1) is 11.4 Å². The molecule has 4 aromatic rings. The molecule has 0 aromatic heterocycles. The van der Waals surface area contributed by atoms with E-state index in [0.29, 0.717) is 5.69 Å². The van der Waals surface area contributed by atoms with Crippen LogP contribution in [0.1, 0.15) is 0 Å². The van der Waals surface area contributed by atoms with E-state index in [1.54, 1.807) is 0 Å². The molecule has 4 aromatic carbocycles. The third-order valence-corrected chi connectivity index (χ3v) is 3.97. The van der Waals surface area contributed by atoms with Gasteiger partial charge < -0.3 is 5.73 Å². The first-order chi connectivity index (χ1) is 11.3. The maximum atomic E-state index is 6.40. The minimum absolute atomic E-state index is 0.666. The van der Waals surface area contributed by atoms with Crippen LogP contribution in [0.25, 0.3) is 21.5 Å². The van der Waals surface area contributed by atoms with Gasteiger partial charge in [-0.15, -0.1) is 5.11 Å². The Labute approximate surface area is 134 Å². The van der Waals surface area contributed by atoms with Gasteiger partial charge in [-0.2, -0.15) is 5.11 Å². The Bertz CT molecular complexity index is 1020. The van der Waals surface area contributed by atoms with Crippen LogP contribution >= 0.6 is 0 Å². The predicted molar refractivity (Wildman–Crippen MR) is 96.5 cm³/mol. The van der Waals surface area contributed by atoms with Gasteiger partial charge in [-0.3, -0.25) is 0 Å². The summed E-state index contributed by atoms with van der Waals surface area (Å²) in [5, 5.41) is 13.1. The first-order valence-corrected chi connectivity index (χ1v) is 7.50. The number of fused-ring (bicyclic) bond motifs is 3. The van der Waals surface area contributed by atoms with Gasteiger partial charge in [0.1, 0.15) is 5.69 Å². The van der Waals surface area contributed by atoms with Crippen molar-refractivity contribution in [2.24, 2.45) is 10.2 Å². The monoisotopic (exact) mass is 297 g/mol. The topological polar surface area (TPSA) is 50.7 Å². The quantitative estimate of drug-likeness (QED) is 0.276. The lowest BCUT2D eigenvalue weighted by Crippen LogP contribution is -1.90. The molecule has 0 bridgehead atoms. The number of rotatable bonds is 2. The van der Waals surface area contributed by atoms with Gasteiger partial charge in [0.15, 0.2) is 0 Å². The molecule has 0 radical (unpaired) electrons. The van der Waals surface area contributed by atoms with Crippen molar-refractivity contribution < 1.29 is 0 Å². The summed E-state index contributed by atoms with van der Waals surface area (Å²) in [6, 6.07) is 26.0. The van der Waals surface area contributed by atoms with Crippen LogP contribution in [0.4, 0.5) is 17.1 Å². The van der Waals surface area contributed by atoms with Crippen LogP contribution in [0.15, 0.2) is 89.1 Å². The maximum Gasteiger partial charge on any atom is 0.117 e. The van der Waals surface area contributed by atoms with Crippen molar-refractivity contribution in [3.8, 4) is 0 Å². The summed E-state index contributed by atoms with van der Waals surface area (Å²) >= 11 is 0. The molecule has 23 heavy (non-hydrogen) atoms. The summed E-state index contributed by atoms with van der Waals surface area (Å²) in [7, 11) is 0. The summed E-state index contributed by atoms with van der Waals surface area (Å²) in [6.07, 6.45) is 0. The molecule has 0 aliphatic heterocycles. The van der Waals surface area contributed by atoms with Crippen LogP contribution in [0, 0.1) is 0 Å². The van der Waals surface area contributed by atoms with Gasteiger partial charge in [-0.1, -0.05) is 66.7 Å². The third kappa shape index (κ3) is 2.32. The molecule has 110 valence electrons. The van der Waals surface area contributed by atoms with Crippen molar-refractivity contribution in [3.05, 3.63) is 78.9 Å². The second kappa shape index (κ2) is 5.54. The lowest BCUT2D eigenvalue weighted by molar-refractivity contribution is 1.25. The summed E-state index contributed by atoms with van der Waals surface area (Å²) < 4.78 is 0. The normalized spacial score (nSPS) is 11.5. The molecule has 3 heteroatoms. The van der Waals surface area contributed by atoms with E-state index in [1.165, 1.54) is 0 Å². The molecule has 0 saturated carbocycles. The SMILES string of the molecule is Nc1c(N=Nc2ccccc2)c2ccccc2c2ccccc12. The Kier molecular flexibility index (Phi) is 3.24. The smallest absolute Gasteiger partial charge is 0.117 e. The zero-order valence-corrected chi connectivity index (χ0v) is 12.5. The molecule has 2 N–H and O–H groups in total. The average Bonchev–Trinajstić information content (AvgIpc) is 2.63. The van der Waals surface area contributed by atoms with Gasteiger partial charge in [0.2, 0.25) is 0 Å². The van der Waals surface area contributed by atoms with E-state index in [0.717, 1.165) is 32.9 Å². The second-order valence-electron chi connectivity index (χ2n) is 5.39. The van der Waals surface area contributed by atoms with Gasteiger partial charge in [-0.05, 0) is 22.9 Å². The van der Waals surface area contributed by atoms with E-state index in [9.17, 15) is 0 Å². The van der Waals surface area contributed by atoms with Crippen LogP contribution in [0.2, 0.25) is 0 Å². The lowest BCUT2D eigenvalue weighted by atomic mass is 9.99. The Hall–Kier alpha value is -3.20. The van der Waals surface area contributed by atoms with Crippen LogP contribution in [-0.2, 0) is 0 Å². The summed E-state index contributed by atoms with van der Waals surface area (Å²) in [6.45, 7) is 0. The van der Waals surface area contributed by atoms with Crippen LogP contribution in [0.3, 0.4) is 0 Å². The Morgan fingerprint density at radius 1 is 0.522 bits per heavy atom. The number of nitrogens with zero attached hydrogens (tertiary/aromatic N) is 2. The second-order valence-corrected chi connectivity index (χ2v) is 5.39. The van der Waals surface area contributed by atoms with Gasteiger partial charge >= 0.3 is 0 Å². The van der Waals surface area contributed by atoms with E-state index in [2.05, 4.69) is 22.4 Å². The van der Waals surface area contributed by atoms with Crippen LogP contribution < -0.4 is 5.73 Å². The van der Waals surface area contributed by atoms with E-state index < -0.39 is 0 Å². The fraction of sp³-hybridized carbons (Fsp3) is 0. The molecule has 4 rings (SSSR count). The highest BCUT2D eigenvalue weighted by atomic mass is 15.1. The highest BCUT2D eigenvalue weighted by Gasteiger charge is 2.11. The highest BCUT2D eigenvalue weighted by molar-refractivity contribution is 6.18. The molecule has 0 amide bonds. The molecule has 0 saturated heterocycles. The minimum Gasteiger partial charge on any atom is -0.396 e. The average molecular weight is 297 g/mol. The number of azo groups is 1. The molecule has 0 spiro atoms. The highest BCUT2D eigenvalue weighted by Crippen LogP contribution is 2.40. The maximum absolute atomic E-state index is 6.40. The summed E-state index contributed by atoms with van der Waals surface area (Å²) in [5.74, 6) is 0. The predicted octanol–water partition coefficient (Wildman–Crippen LogP) is 5.99. The van der Waals surface area contributed by atoms with Crippen molar-refractivity contribution in [2.75, 3.05) is 5.73 Å². The van der Waals surface area contributed by atoms with Crippen molar-refractivity contribution in [2.45, 2.75) is 0 Å². The third-order valence-electron chi connectivity index (χ3n) is 3.97. The number of hydrogen-bond donors (Lipinski definition) is 1. The van der Waals surface area contributed by atoms with Gasteiger partial charge in [-0.25, -0.2) is 0 Å². The molecule has 0 unspecified atom stereocenters. The van der Waals surface area contributed by atoms with Gasteiger partial charge in [0.25, 0.3) is 0 Å². The van der Waals surface area contributed by atoms with Crippen LogP contribution in [-0.4, -0.2) is 0 Å². The molecular formula is C20H15N3. The molecule has 3 nitrogen and oxygen atoms in total. The lowest BCUT2D eigenvalue weighted by Gasteiger charge is -2.10. The van der Waals surface area contributed by atoms with Crippen molar-refractivity contribution in [3.63, 3.8) is 0 Å². The number of benzene rings is 4. The molecule has 0 fully saturated rings. The van der Waals surface area contributed by atoms with Gasteiger partial charge in [0, 0.05) is 10.8 Å². The van der Waals surface area contributed by atoms with E-state index in [4.69, 9.17) is 5.73 Å². The summed E-state index contributed by atoms with van der Waals surface area (Å²) in [4.78, 5) is 0. The molecular weight excluding hydrogens is 282 g/mol. The van der Waals surface area contributed by atoms with Crippen molar-refractivity contribution in [1.82, 2.24) is 0 Å². The zero-order chi connectivity index (χ0) is 15.6. The fourth-order valence-electron chi connectivity index (χ4n) is 2.86. The zero-order valence-electron chi connectivity index (χ0n) is 12.5. The number of nitrogens with two attached hydrogens (primary N) is 1. The minimum atomic E-state index is 0.666. The van der Waals surface area contributed by atoms with Crippen LogP contribution in [0.5, 0.6) is 0 Å². The standard InChI is InChI=1S/C20H15N3/c21-19-17-12-6-4-10-15(17)16-11-5-7-13-18(16)20(19)23-22-14-8-2-1-3-9-14/h1-13H,21H2. The Balaban J connectivity index is 2.01. The Morgan fingerprint density at radius 2 is 1.04 bits per heavy atom. The van der Waals surface area contributed by atoms with Crippen molar-refractivity contribution in [1.29, 1.82) is 0 Å². The number of anilines is 1. The first-order valence-electron chi connectivity index (χ1n) is 7.50. The van der Waals surface area contributed by atoms with E-state index >= 15 is 0 Å². The first kappa shape index (κ1) is 13.5. The summed E-state index contributed by atoms with van der Waals surface area (Å²) in [5.41, 5.74) is 8.60. The molecule has 0 aliphatic carbocycles. The molecule has 0 aliphatic rings. The van der Waals surface area contributed by atoms with E-state index in [1.807, 2.05) is 66.7 Å².